The minimum Gasteiger partial charge on any atom is -0.496 e. The van der Waals surface area contributed by atoms with Gasteiger partial charge in [0, 0.05) is 29.8 Å². The zero-order chi connectivity index (χ0) is 20.1. The fraction of sp³-hybridized carbons (Fsp3) is 0.500. The van der Waals surface area contributed by atoms with E-state index in [2.05, 4.69) is 43.0 Å². The van der Waals surface area contributed by atoms with Crippen molar-refractivity contribution in [1.29, 1.82) is 0 Å². The number of methoxy groups -OCH3 is 1. The van der Waals surface area contributed by atoms with E-state index in [0.717, 1.165) is 56.6 Å². The lowest BCUT2D eigenvalue weighted by Crippen LogP contribution is -2.48. The highest BCUT2D eigenvalue weighted by Crippen LogP contribution is 2.51. The number of hydrogen-bond donors (Lipinski definition) is 1. The van der Waals surface area contributed by atoms with Gasteiger partial charge in [-0.2, -0.15) is 0 Å². The second-order valence-corrected chi connectivity index (χ2v) is 8.03. The number of halogens is 1. The molecule has 0 aliphatic carbocycles. The number of para-hydroxylation sites is 1. The van der Waals surface area contributed by atoms with E-state index in [1.807, 2.05) is 0 Å². The van der Waals surface area contributed by atoms with Crippen molar-refractivity contribution in [2.24, 2.45) is 5.73 Å². The number of likely N-dealkylation sites (N-methyl/N-ethyl adjacent to an activating group) is 1. The Labute approximate surface area is 168 Å². The predicted octanol–water partition coefficient (Wildman–Crippen LogP) is 5.23. The minimum atomic E-state index is -0.236. The number of anilines is 1. The second-order valence-electron chi connectivity index (χ2n) is 8.03. The van der Waals surface area contributed by atoms with Crippen molar-refractivity contribution in [3.8, 4) is 5.75 Å². The largest absolute Gasteiger partial charge is 0.496 e. The van der Waals surface area contributed by atoms with Crippen LogP contribution in [0.4, 0.5) is 10.1 Å². The van der Waals surface area contributed by atoms with Gasteiger partial charge in [-0.15, -0.1) is 0 Å². The van der Waals surface area contributed by atoms with Crippen LogP contribution in [-0.2, 0) is 5.41 Å². The van der Waals surface area contributed by atoms with Gasteiger partial charge >= 0.3 is 0 Å². The van der Waals surface area contributed by atoms with Gasteiger partial charge in [0.05, 0.1) is 7.11 Å². The fourth-order valence-corrected chi connectivity index (χ4v) is 4.83. The van der Waals surface area contributed by atoms with Crippen LogP contribution in [0, 0.1) is 5.82 Å². The third-order valence-corrected chi connectivity index (χ3v) is 6.30. The maximum Gasteiger partial charge on any atom is 0.123 e. The van der Waals surface area contributed by atoms with E-state index in [-0.39, 0.29) is 11.2 Å². The standard InChI is InChI=1S/C24H33FN2O/c1-4-27-17-24(2,21-16-18(25)13-14-23(21)28-3)20(11-6-5-9-15-26)19-10-7-8-12-22(19)27/h7-8,10,12-14,16,20H,4-6,9,11,15,17,26H2,1-3H3. The van der Waals surface area contributed by atoms with E-state index in [9.17, 15) is 4.39 Å². The molecular weight excluding hydrogens is 351 g/mol. The van der Waals surface area contributed by atoms with E-state index >= 15 is 0 Å². The Balaban J connectivity index is 2.09. The first kappa shape index (κ1) is 20.7. The maximum absolute atomic E-state index is 14.3. The number of unbranched alkanes of at least 4 members (excludes halogenated alkanes) is 2. The molecule has 0 saturated heterocycles. The molecule has 0 bridgehead atoms. The average molecular weight is 385 g/mol. The molecule has 0 radical (unpaired) electrons. The smallest absolute Gasteiger partial charge is 0.123 e. The summed E-state index contributed by atoms with van der Waals surface area (Å²) in [6.07, 6.45) is 4.36. The number of hydrogen-bond acceptors (Lipinski definition) is 3. The topological polar surface area (TPSA) is 38.5 Å². The lowest BCUT2D eigenvalue weighted by atomic mass is 9.64. The molecule has 0 aromatic heterocycles. The Kier molecular flexibility index (Phi) is 6.61. The molecule has 2 aromatic rings. The van der Waals surface area contributed by atoms with Crippen LogP contribution in [0.1, 0.15) is 56.6 Å². The van der Waals surface area contributed by atoms with Gasteiger partial charge in [-0.3, -0.25) is 0 Å². The molecule has 0 fully saturated rings. The summed E-state index contributed by atoms with van der Waals surface area (Å²) in [5, 5.41) is 0. The fourth-order valence-electron chi connectivity index (χ4n) is 4.83. The van der Waals surface area contributed by atoms with Gasteiger partial charge in [-0.05, 0) is 62.1 Å². The molecule has 0 amide bonds. The van der Waals surface area contributed by atoms with Crippen LogP contribution in [0.15, 0.2) is 42.5 Å². The molecule has 1 aliphatic rings. The molecule has 28 heavy (non-hydrogen) atoms. The van der Waals surface area contributed by atoms with E-state index in [0.29, 0.717) is 5.92 Å². The van der Waals surface area contributed by atoms with Crippen LogP contribution in [-0.4, -0.2) is 26.7 Å². The van der Waals surface area contributed by atoms with Crippen molar-refractivity contribution >= 4 is 5.69 Å². The van der Waals surface area contributed by atoms with Crippen LogP contribution in [0.3, 0.4) is 0 Å². The average Bonchev–Trinajstić information content (AvgIpc) is 2.72. The molecule has 2 N–H and O–H groups in total. The first-order chi connectivity index (χ1) is 13.5. The van der Waals surface area contributed by atoms with Gasteiger partial charge in [0.15, 0.2) is 0 Å². The number of rotatable bonds is 8. The summed E-state index contributed by atoms with van der Waals surface area (Å²) in [4.78, 5) is 2.41. The maximum atomic E-state index is 14.3. The Morgan fingerprint density at radius 1 is 1.18 bits per heavy atom. The molecular formula is C24H33FN2O. The van der Waals surface area contributed by atoms with Crippen LogP contribution in [0.2, 0.25) is 0 Å². The van der Waals surface area contributed by atoms with Crippen LogP contribution in [0.25, 0.3) is 0 Å². The summed E-state index contributed by atoms with van der Waals surface area (Å²) in [5.41, 5.74) is 9.09. The summed E-state index contributed by atoms with van der Waals surface area (Å²) in [6.45, 7) is 6.96. The van der Waals surface area contributed by atoms with Gasteiger partial charge in [-0.25, -0.2) is 4.39 Å². The van der Waals surface area contributed by atoms with Crippen LogP contribution >= 0.6 is 0 Å². The molecule has 1 heterocycles. The van der Waals surface area contributed by atoms with Crippen molar-refractivity contribution in [1.82, 2.24) is 0 Å². The van der Waals surface area contributed by atoms with E-state index in [1.54, 1.807) is 19.2 Å². The highest BCUT2D eigenvalue weighted by Gasteiger charge is 2.44. The Morgan fingerprint density at radius 2 is 1.96 bits per heavy atom. The number of nitrogens with two attached hydrogens (primary N) is 1. The quantitative estimate of drug-likeness (QED) is 0.633. The predicted molar refractivity (Wildman–Crippen MR) is 115 cm³/mol. The van der Waals surface area contributed by atoms with E-state index < -0.39 is 0 Å². The lowest BCUT2D eigenvalue weighted by Gasteiger charge is -2.49. The van der Waals surface area contributed by atoms with E-state index in [1.165, 1.54) is 17.3 Å². The Bertz CT molecular complexity index is 794. The molecule has 2 aromatic carbocycles. The van der Waals surface area contributed by atoms with Gasteiger partial charge in [0.1, 0.15) is 11.6 Å². The number of benzene rings is 2. The van der Waals surface area contributed by atoms with E-state index in [4.69, 9.17) is 10.5 Å². The van der Waals surface area contributed by atoms with Crippen LogP contribution in [0.5, 0.6) is 5.75 Å². The first-order valence-corrected chi connectivity index (χ1v) is 10.4. The summed E-state index contributed by atoms with van der Waals surface area (Å²) < 4.78 is 19.9. The molecule has 0 saturated carbocycles. The number of ether oxygens (including phenoxy) is 1. The number of fused-ring (bicyclic) bond motifs is 1. The van der Waals surface area contributed by atoms with Gasteiger partial charge < -0.3 is 15.4 Å². The van der Waals surface area contributed by atoms with Crippen LogP contribution < -0.4 is 15.4 Å². The normalized spacial score (nSPS) is 21.5. The highest BCUT2D eigenvalue weighted by atomic mass is 19.1. The monoisotopic (exact) mass is 384 g/mol. The highest BCUT2D eigenvalue weighted by molar-refractivity contribution is 5.61. The van der Waals surface area contributed by atoms with Crippen molar-refractivity contribution < 1.29 is 9.13 Å². The van der Waals surface area contributed by atoms with Crippen molar-refractivity contribution in [2.45, 2.75) is 50.9 Å². The Morgan fingerprint density at radius 3 is 2.68 bits per heavy atom. The molecule has 2 unspecified atom stereocenters. The molecule has 3 nitrogen and oxygen atoms in total. The first-order valence-electron chi connectivity index (χ1n) is 10.4. The zero-order valence-electron chi connectivity index (χ0n) is 17.4. The SMILES string of the molecule is CCN1CC(C)(c2cc(F)ccc2OC)C(CCCCCN)c2ccccc21. The third-order valence-electron chi connectivity index (χ3n) is 6.30. The second kappa shape index (κ2) is 8.95. The molecule has 2 atom stereocenters. The van der Waals surface area contributed by atoms with Gasteiger partial charge in [0.25, 0.3) is 0 Å². The number of nitrogens with zero attached hydrogens (tertiary/aromatic N) is 1. The molecule has 1 aliphatic heterocycles. The molecule has 3 rings (SSSR count). The Hall–Kier alpha value is -2.07. The van der Waals surface area contributed by atoms with Crippen molar-refractivity contribution in [2.75, 3.05) is 31.6 Å². The molecule has 0 spiro atoms. The van der Waals surface area contributed by atoms with Gasteiger partial charge in [0.2, 0.25) is 0 Å². The molecule has 152 valence electrons. The zero-order valence-corrected chi connectivity index (χ0v) is 17.4. The molecule has 4 heteroatoms. The van der Waals surface area contributed by atoms with Crippen molar-refractivity contribution in [3.05, 3.63) is 59.4 Å². The van der Waals surface area contributed by atoms with Crippen molar-refractivity contribution in [3.63, 3.8) is 0 Å². The summed E-state index contributed by atoms with van der Waals surface area (Å²) in [7, 11) is 1.67. The summed E-state index contributed by atoms with van der Waals surface area (Å²) in [5.74, 6) is 0.868. The lowest BCUT2D eigenvalue weighted by molar-refractivity contribution is 0.314. The summed E-state index contributed by atoms with van der Waals surface area (Å²) >= 11 is 0. The minimum absolute atomic E-state index is 0.208. The summed E-state index contributed by atoms with van der Waals surface area (Å²) in [6, 6.07) is 13.6. The van der Waals surface area contributed by atoms with Gasteiger partial charge in [-0.1, -0.05) is 38.0 Å². The third kappa shape index (κ3) is 3.88.